The van der Waals surface area contributed by atoms with E-state index in [0.717, 1.165) is 11.1 Å². The van der Waals surface area contributed by atoms with Crippen molar-refractivity contribution in [1.82, 2.24) is 9.78 Å². The number of anilines is 1. The van der Waals surface area contributed by atoms with Gasteiger partial charge in [-0.15, -0.1) is 0 Å². The summed E-state index contributed by atoms with van der Waals surface area (Å²) in [6.07, 6.45) is 1.50. The molecular weight excluding hydrogens is 500 g/mol. The van der Waals surface area contributed by atoms with Gasteiger partial charge in [-0.1, -0.05) is 59.1 Å². The molecule has 0 fully saturated rings. The Balaban J connectivity index is 1.39. The molecule has 1 amide bonds. The fourth-order valence-electron chi connectivity index (χ4n) is 3.22. The van der Waals surface area contributed by atoms with Crippen molar-refractivity contribution in [3.05, 3.63) is 110 Å². The number of amides is 1. The van der Waals surface area contributed by atoms with Gasteiger partial charge in [0.25, 0.3) is 5.91 Å². The Bertz CT molecular complexity index is 1320. The number of hydrogen-bond acceptors (Lipinski definition) is 3. The Hall–Kier alpha value is -3.06. The second kappa shape index (κ2) is 10.5. The minimum atomic E-state index is -0.446. The van der Waals surface area contributed by atoms with Crippen LogP contribution >= 0.6 is 34.8 Å². The number of carbonyl (C=O) groups is 1. The van der Waals surface area contributed by atoms with E-state index in [-0.39, 0.29) is 33.9 Å². The number of rotatable bonds is 7. The maximum atomic E-state index is 14.1. The molecule has 4 rings (SSSR count). The molecule has 0 saturated carbocycles. The van der Waals surface area contributed by atoms with Crippen LogP contribution in [-0.4, -0.2) is 15.7 Å². The predicted molar refractivity (Wildman–Crippen MR) is 133 cm³/mol. The van der Waals surface area contributed by atoms with E-state index in [1.165, 1.54) is 23.0 Å². The summed E-state index contributed by atoms with van der Waals surface area (Å²) in [5.41, 5.74) is 2.62. The van der Waals surface area contributed by atoms with Gasteiger partial charge in [0.15, 0.2) is 5.82 Å². The smallest absolute Gasteiger partial charge is 0.256 e. The topological polar surface area (TPSA) is 56.1 Å². The lowest BCUT2D eigenvalue weighted by atomic mass is 10.1. The van der Waals surface area contributed by atoms with Gasteiger partial charge in [-0.05, 0) is 54.4 Å². The van der Waals surface area contributed by atoms with Crippen molar-refractivity contribution in [1.29, 1.82) is 0 Å². The molecule has 0 aliphatic rings. The van der Waals surface area contributed by atoms with E-state index >= 15 is 0 Å². The molecule has 1 aromatic heterocycles. The van der Waals surface area contributed by atoms with E-state index in [4.69, 9.17) is 39.5 Å². The van der Waals surface area contributed by atoms with Crippen LogP contribution in [0.2, 0.25) is 15.1 Å². The summed E-state index contributed by atoms with van der Waals surface area (Å²) in [5, 5.41) is 7.96. The molecule has 0 unspecified atom stereocenters. The number of aromatic nitrogens is 2. The van der Waals surface area contributed by atoms with Crippen LogP contribution in [0.15, 0.2) is 66.9 Å². The number of hydrogen-bond donors (Lipinski definition) is 1. The summed E-state index contributed by atoms with van der Waals surface area (Å²) in [5.74, 6) is -0.0604. The Kier molecular flexibility index (Phi) is 7.41. The highest BCUT2D eigenvalue weighted by Crippen LogP contribution is 2.27. The van der Waals surface area contributed by atoms with Crippen LogP contribution in [-0.2, 0) is 13.2 Å². The first-order valence-corrected chi connectivity index (χ1v) is 11.4. The van der Waals surface area contributed by atoms with Crippen LogP contribution in [0.4, 0.5) is 10.2 Å². The number of ether oxygens (including phenoxy) is 1. The SMILES string of the molecule is Cc1ccc(Cl)c(OCc2ccc(C(=O)Nc3nn(Cc4c(F)cccc4Cl)cc3Cl)cc2)c1. The molecule has 0 atom stereocenters. The van der Waals surface area contributed by atoms with Crippen molar-refractivity contribution in [2.75, 3.05) is 5.32 Å². The minimum absolute atomic E-state index is 0.0702. The van der Waals surface area contributed by atoms with E-state index < -0.39 is 5.82 Å². The normalized spacial score (nSPS) is 10.9. The van der Waals surface area contributed by atoms with Gasteiger partial charge < -0.3 is 10.1 Å². The lowest BCUT2D eigenvalue weighted by Gasteiger charge is -2.09. The molecule has 34 heavy (non-hydrogen) atoms. The molecule has 1 heterocycles. The van der Waals surface area contributed by atoms with Gasteiger partial charge in [-0.2, -0.15) is 5.10 Å². The number of halogens is 4. The van der Waals surface area contributed by atoms with Crippen LogP contribution < -0.4 is 10.1 Å². The molecule has 0 saturated heterocycles. The maximum Gasteiger partial charge on any atom is 0.256 e. The second-order valence-electron chi connectivity index (χ2n) is 7.60. The fourth-order valence-corrected chi connectivity index (χ4v) is 3.82. The summed E-state index contributed by atoms with van der Waals surface area (Å²) in [4.78, 5) is 12.7. The van der Waals surface area contributed by atoms with Crippen LogP contribution in [0.1, 0.15) is 27.0 Å². The third-order valence-corrected chi connectivity index (χ3v) is 5.97. The lowest BCUT2D eigenvalue weighted by molar-refractivity contribution is 0.102. The van der Waals surface area contributed by atoms with Crippen molar-refractivity contribution in [3.63, 3.8) is 0 Å². The molecule has 9 heteroatoms. The van der Waals surface area contributed by atoms with Gasteiger partial charge >= 0.3 is 0 Å². The fraction of sp³-hybridized carbons (Fsp3) is 0.120. The Labute approximate surface area is 211 Å². The average molecular weight is 519 g/mol. The summed E-state index contributed by atoms with van der Waals surface area (Å²) < 4.78 is 21.3. The summed E-state index contributed by atoms with van der Waals surface area (Å²) >= 11 is 18.5. The number of benzene rings is 3. The number of nitrogens with zero attached hydrogens (tertiary/aromatic N) is 2. The number of nitrogens with one attached hydrogen (secondary N) is 1. The molecule has 0 aliphatic carbocycles. The van der Waals surface area contributed by atoms with E-state index in [2.05, 4.69) is 10.4 Å². The molecule has 1 N–H and O–H groups in total. The number of carbonyl (C=O) groups excluding carboxylic acids is 1. The van der Waals surface area contributed by atoms with Gasteiger partial charge in [-0.3, -0.25) is 9.48 Å². The minimum Gasteiger partial charge on any atom is -0.487 e. The van der Waals surface area contributed by atoms with Gasteiger partial charge in [0.2, 0.25) is 0 Å². The van der Waals surface area contributed by atoms with Crippen LogP contribution in [0, 0.1) is 12.7 Å². The van der Waals surface area contributed by atoms with Crippen LogP contribution in [0.3, 0.4) is 0 Å². The van der Waals surface area contributed by atoms with Crippen molar-refractivity contribution in [3.8, 4) is 5.75 Å². The molecule has 0 radical (unpaired) electrons. The van der Waals surface area contributed by atoms with Gasteiger partial charge in [0, 0.05) is 22.3 Å². The Morgan fingerprint density at radius 3 is 2.53 bits per heavy atom. The standard InChI is InChI=1S/C25H19Cl3FN3O2/c1-15-5-10-20(27)23(11-15)34-14-16-6-8-17(9-7-16)25(33)30-24-21(28)13-32(31-24)12-18-19(26)3-2-4-22(18)29/h2-11,13H,12,14H2,1H3,(H,30,31,33). The van der Waals surface area contributed by atoms with Crippen LogP contribution in [0.25, 0.3) is 0 Å². The van der Waals surface area contributed by atoms with E-state index in [1.807, 2.05) is 19.1 Å². The van der Waals surface area contributed by atoms with Crippen molar-refractivity contribution >= 4 is 46.5 Å². The highest BCUT2D eigenvalue weighted by Gasteiger charge is 2.15. The maximum absolute atomic E-state index is 14.1. The third-order valence-electron chi connectivity index (χ3n) is 5.03. The first-order chi connectivity index (χ1) is 16.3. The first-order valence-electron chi connectivity index (χ1n) is 10.3. The quantitative estimate of drug-likeness (QED) is 0.282. The molecule has 4 aromatic rings. The average Bonchev–Trinajstić information content (AvgIpc) is 3.16. The monoisotopic (exact) mass is 517 g/mol. The second-order valence-corrected chi connectivity index (χ2v) is 8.82. The highest BCUT2D eigenvalue weighted by molar-refractivity contribution is 6.33. The summed E-state index contributed by atoms with van der Waals surface area (Å²) in [7, 11) is 0. The molecular formula is C25H19Cl3FN3O2. The van der Waals surface area contributed by atoms with Crippen molar-refractivity contribution < 1.29 is 13.9 Å². The highest BCUT2D eigenvalue weighted by atomic mass is 35.5. The first kappa shape index (κ1) is 24.1. The molecule has 0 spiro atoms. The molecule has 5 nitrogen and oxygen atoms in total. The summed E-state index contributed by atoms with van der Waals surface area (Å²) in [6, 6.07) is 16.9. The van der Waals surface area contributed by atoms with E-state index in [0.29, 0.717) is 22.9 Å². The van der Waals surface area contributed by atoms with E-state index in [9.17, 15) is 9.18 Å². The van der Waals surface area contributed by atoms with Crippen molar-refractivity contribution in [2.45, 2.75) is 20.1 Å². The zero-order chi connectivity index (χ0) is 24.2. The molecule has 0 aliphatic heterocycles. The van der Waals surface area contributed by atoms with Gasteiger partial charge in [0.1, 0.15) is 23.2 Å². The third kappa shape index (κ3) is 5.70. The van der Waals surface area contributed by atoms with Crippen LogP contribution in [0.5, 0.6) is 5.75 Å². The van der Waals surface area contributed by atoms with E-state index in [1.54, 1.807) is 36.4 Å². The summed E-state index contributed by atoms with van der Waals surface area (Å²) in [6.45, 7) is 2.33. The lowest BCUT2D eigenvalue weighted by Crippen LogP contribution is -2.13. The predicted octanol–water partition coefficient (Wildman–Crippen LogP) is 7.17. The van der Waals surface area contributed by atoms with Gasteiger partial charge in [-0.25, -0.2) is 4.39 Å². The van der Waals surface area contributed by atoms with Gasteiger partial charge in [0.05, 0.1) is 11.6 Å². The zero-order valence-electron chi connectivity index (χ0n) is 18.0. The Morgan fingerprint density at radius 1 is 1.03 bits per heavy atom. The molecule has 174 valence electrons. The number of aryl methyl sites for hydroxylation is 1. The zero-order valence-corrected chi connectivity index (χ0v) is 20.3. The Morgan fingerprint density at radius 2 is 1.79 bits per heavy atom. The molecule has 0 bridgehead atoms. The molecule has 3 aromatic carbocycles. The largest absolute Gasteiger partial charge is 0.487 e. The van der Waals surface area contributed by atoms with Crippen molar-refractivity contribution in [2.24, 2.45) is 0 Å².